The van der Waals surface area contributed by atoms with Crippen LogP contribution in [0.4, 0.5) is 19.0 Å². The number of hydrogen-bond acceptors (Lipinski definition) is 6. The Labute approximate surface area is 209 Å². The summed E-state index contributed by atoms with van der Waals surface area (Å²) >= 11 is 0. The number of anilines is 1. The van der Waals surface area contributed by atoms with E-state index in [2.05, 4.69) is 19.9 Å². The average Bonchev–Trinajstić information content (AvgIpc) is 2.91. The number of amides is 1. The van der Waals surface area contributed by atoms with Crippen LogP contribution >= 0.6 is 0 Å². The molecule has 0 radical (unpaired) electrons. The van der Waals surface area contributed by atoms with Gasteiger partial charge in [0.25, 0.3) is 5.91 Å². The lowest BCUT2D eigenvalue weighted by atomic mass is 10.0. The van der Waals surface area contributed by atoms with E-state index >= 15 is 0 Å². The molecule has 2 N–H and O–H groups in total. The second-order valence-electron chi connectivity index (χ2n) is 8.53. The zero-order chi connectivity index (χ0) is 26.2. The van der Waals surface area contributed by atoms with E-state index in [-0.39, 0.29) is 12.5 Å². The number of fused-ring (bicyclic) bond motifs is 3. The van der Waals surface area contributed by atoms with Crippen molar-refractivity contribution in [2.24, 2.45) is 0 Å². The van der Waals surface area contributed by atoms with Gasteiger partial charge in [0.05, 0.1) is 29.4 Å². The summed E-state index contributed by atoms with van der Waals surface area (Å²) in [6.45, 7) is 1.71. The highest BCUT2D eigenvalue weighted by Gasteiger charge is 2.31. The first-order chi connectivity index (χ1) is 17.7. The molecule has 0 saturated carbocycles. The van der Waals surface area contributed by atoms with Gasteiger partial charge in [0.2, 0.25) is 0 Å². The lowest BCUT2D eigenvalue weighted by Crippen LogP contribution is -2.34. The van der Waals surface area contributed by atoms with Gasteiger partial charge in [-0.2, -0.15) is 13.2 Å². The summed E-state index contributed by atoms with van der Waals surface area (Å²) in [6.07, 6.45) is -0.608. The number of pyridine rings is 2. The third-order valence-electron chi connectivity index (χ3n) is 6.15. The van der Waals surface area contributed by atoms with Crippen LogP contribution in [0.5, 0.6) is 0 Å². The molecule has 0 aliphatic rings. The second-order valence-corrected chi connectivity index (χ2v) is 8.53. The van der Waals surface area contributed by atoms with Crippen LogP contribution in [0.25, 0.3) is 21.7 Å². The van der Waals surface area contributed by atoms with E-state index in [0.717, 1.165) is 28.4 Å². The molecule has 0 saturated heterocycles. The smallest absolute Gasteiger partial charge is 0.383 e. The highest BCUT2D eigenvalue weighted by atomic mass is 19.4. The molecule has 7 nitrogen and oxygen atoms in total. The molecular weight excluding hydrogens is 481 g/mol. The number of carbonyl (C=O) groups is 1. The number of aromatic nitrogens is 4. The molecule has 0 fully saturated rings. The van der Waals surface area contributed by atoms with Gasteiger partial charge < -0.3 is 10.6 Å². The minimum atomic E-state index is -4.50. The topological polar surface area (TPSA) is 97.9 Å². The van der Waals surface area contributed by atoms with E-state index < -0.39 is 17.8 Å². The predicted molar refractivity (Wildman–Crippen MR) is 133 cm³/mol. The number of nitrogens with zero attached hydrogens (tertiary/aromatic N) is 5. The van der Waals surface area contributed by atoms with Crippen LogP contribution in [0.1, 0.15) is 40.4 Å². The Morgan fingerprint density at radius 1 is 0.946 bits per heavy atom. The van der Waals surface area contributed by atoms with Gasteiger partial charge in [-0.25, -0.2) is 15.0 Å². The monoisotopic (exact) mass is 502 g/mol. The maximum absolute atomic E-state index is 13.9. The van der Waals surface area contributed by atoms with Crippen molar-refractivity contribution in [3.05, 3.63) is 102 Å². The van der Waals surface area contributed by atoms with Gasteiger partial charge in [0, 0.05) is 34.9 Å². The minimum Gasteiger partial charge on any atom is -0.383 e. The van der Waals surface area contributed by atoms with Gasteiger partial charge >= 0.3 is 6.18 Å². The predicted octanol–water partition coefficient (Wildman–Crippen LogP) is 5.58. The summed E-state index contributed by atoms with van der Waals surface area (Å²) in [5.74, 6) is 0.430. The number of alkyl halides is 3. The minimum absolute atomic E-state index is 0.0465. The van der Waals surface area contributed by atoms with Crippen molar-refractivity contribution in [1.82, 2.24) is 24.8 Å². The fourth-order valence-electron chi connectivity index (χ4n) is 4.19. The Kier molecular flexibility index (Phi) is 6.16. The lowest BCUT2D eigenvalue weighted by molar-refractivity contribution is -0.137. The van der Waals surface area contributed by atoms with Gasteiger partial charge in [0.1, 0.15) is 11.6 Å². The molecule has 5 rings (SSSR count). The molecule has 3 aromatic heterocycles. The highest BCUT2D eigenvalue weighted by Crippen LogP contribution is 2.31. The van der Waals surface area contributed by atoms with Gasteiger partial charge in [-0.3, -0.25) is 9.78 Å². The summed E-state index contributed by atoms with van der Waals surface area (Å²) in [5, 5.41) is 2.39. The molecule has 37 heavy (non-hydrogen) atoms. The first kappa shape index (κ1) is 24.1. The second kappa shape index (κ2) is 9.45. The zero-order valence-corrected chi connectivity index (χ0v) is 19.6. The van der Waals surface area contributed by atoms with Crippen LogP contribution in [0.2, 0.25) is 0 Å². The fourth-order valence-corrected chi connectivity index (χ4v) is 4.19. The van der Waals surface area contributed by atoms with Gasteiger partial charge in [-0.1, -0.05) is 24.3 Å². The summed E-state index contributed by atoms with van der Waals surface area (Å²) in [4.78, 5) is 32.3. The Hall–Kier alpha value is -4.60. The molecule has 1 amide bonds. The molecule has 186 valence electrons. The summed E-state index contributed by atoms with van der Waals surface area (Å²) < 4.78 is 39.0. The van der Waals surface area contributed by atoms with Crippen LogP contribution < -0.4 is 5.73 Å². The number of halogens is 3. The van der Waals surface area contributed by atoms with Crippen LogP contribution in [-0.2, 0) is 12.7 Å². The van der Waals surface area contributed by atoms with E-state index in [1.807, 2.05) is 24.3 Å². The van der Waals surface area contributed by atoms with E-state index in [1.54, 1.807) is 43.6 Å². The lowest BCUT2D eigenvalue weighted by Gasteiger charge is -2.28. The van der Waals surface area contributed by atoms with E-state index in [9.17, 15) is 18.0 Å². The van der Waals surface area contributed by atoms with Crippen molar-refractivity contribution in [1.29, 1.82) is 0 Å². The highest BCUT2D eigenvalue weighted by molar-refractivity contribution is 6.11. The Morgan fingerprint density at radius 2 is 1.68 bits per heavy atom. The Bertz CT molecular complexity index is 1590. The third-order valence-corrected chi connectivity index (χ3v) is 6.15. The van der Waals surface area contributed by atoms with E-state index in [4.69, 9.17) is 5.73 Å². The maximum Gasteiger partial charge on any atom is 0.417 e. The van der Waals surface area contributed by atoms with Gasteiger partial charge in [-0.05, 0) is 48.7 Å². The Balaban J connectivity index is 1.56. The average molecular weight is 503 g/mol. The molecule has 0 aliphatic carbocycles. The van der Waals surface area contributed by atoms with Gasteiger partial charge in [0.15, 0.2) is 0 Å². The molecule has 0 spiro atoms. The van der Waals surface area contributed by atoms with E-state index in [0.29, 0.717) is 28.4 Å². The SMILES string of the molecule is CC(c1ncccn1)N(Cc1ccc(C(F)(F)F)cn1)C(=O)c1ccc2nc(N)c3ccccc3c2c1. The van der Waals surface area contributed by atoms with Crippen LogP contribution in [-0.4, -0.2) is 30.7 Å². The Morgan fingerprint density at radius 3 is 2.35 bits per heavy atom. The molecular formula is C27H21F3N6O. The number of hydrogen-bond donors (Lipinski definition) is 1. The number of benzene rings is 2. The summed E-state index contributed by atoms with van der Waals surface area (Å²) in [7, 11) is 0. The molecule has 1 atom stereocenters. The van der Waals surface area contributed by atoms with Crippen LogP contribution in [0.15, 0.2) is 79.3 Å². The maximum atomic E-state index is 13.9. The fraction of sp³-hybridized carbons (Fsp3) is 0.148. The van der Waals surface area contributed by atoms with Gasteiger partial charge in [-0.15, -0.1) is 0 Å². The number of rotatable bonds is 5. The van der Waals surface area contributed by atoms with Crippen molar-refractivity contribution in [2.45, 2.75) is 25.7 Å². The molecule has 2 aromatic carbocycles. The third kappa shape index (κ3) is 4.77. The molecule has 3 heterocycles. The molecule has 5 aromatic rings. The normalized spacial score (nSPS) is 12.5. The molecule has 10 heteroatoms. The number of carbonyl (C=O) groups excluding carboxylic acids is 1. The quantitative estimate of drug-likeness (QED) is 0.315. The first-order valence-corrected chi connectivity index (χ1v) is 11.4. The van der Waals surface area contributed by atoms with Crippen LogP contribution in [0.3, 0.4) is 0 Å². The number of nitrogen functional groups attached to an aromatic ring is 1. The number of nitrogens with two attached hydrogens (primary N) is 1. The van der Waals surface area contributed by atoms with Crippen molar-refractivity contribution < 1.29 is 18.0 Å². The standard InChI is InChI=1S/C27H21F3N6O/c1-16(25-32-11-4-12-33-25)36(15-19-9-8-18(14-34-19)27(28,29)30)26(37)17-7-10-23-22(13-17)20-5-2-3-6-21(20)24(31)35-23/h2-14,16H,15H2,1H3,(H2,31,35). The summed E-state index contributed by atoms with van der Waals surface area (Å²) in [6, 6.07) is 15.9. The van der Waals surface area contributed by atoms with Crippen molar-refractivity contribution in [3.63, 3.8) is 0 Å². The molecule has 0 aliphatic heterocycles. The summed E-state index contributed by atoms with van der Waals surface area (Å²) in [5.41, 5.74) is 6.57. The largest absolute Gasteiger partial charge is 0.417 e. The van der Waals surface area contributed by atoms with Crippen molar-refractivity contribution in [3.8, 4) is 0 Å². The van der Waals surface area contributed by atoms with Crippen LogP contribution in [0, 0.1) is 0 Å². The molecule has 1 unspecified atom stereocenters. The molecule has 0 bridgehead atoms. The van der Waals surface area contributed by atoms with Crippen molar-refractivity contribution >= 4 is 33.4 Å². The zero-order valence-electron chi connectivity index (χ0n) is 19.6. The van der Waals surface area contributed by atoms with E-state index in [1.165, 1.54) is 11.0 Å². The van der Waals surface area contributed by atoms with Crippen molar-refractivity contribution in [2.75, 3.05) is 5.73 Å². The first-order valence-electron chi connectivity index (χ1n) is 11.4.